The van der Waals surface area contributed by atoms with Crippen molar-refractivity contribution >= 4 is 39.5 Å². The van der Waals surface area contributed by atoms with Gasteiger partial charge in [0.15, 0.2) is 17.1 Å². The van der Waals surface area contributed by atoms with Gasteiger partial charge in [-0.05, 0) is 30.8 Å². The molecule has 5 aromatic heterocycles. The zero-order valence-electron chi connectivity index (χ0n) is 22.5. The molecule has 0 spiro atoms. The number of hydrogen-bond donors (Lipinski definition) is 3. The van der Waals surface area contributed by atoms with E-state index in [2.05, 4.69) is 52.3 Å². The number of rotatable bonds is 6. The Bertz CT molecular complexity index is 1850. The van der Waals surface area contributed by atoms with Crippen molar-refractivity contribution in [3.8, 4) is 22.6 Å². The van der Waals surface area contributed by atoms with Crippen LogP contribution in [-0.4, -0.2) is 79.2 Å². The monoisotopic (exact) mass is 544 g/mol. The number of aromatic amines is 2. The number of aromatic nitrogens is 7. The van der Waals surface area contributed by atoms with E-state index in [0.29, 0.717) is 29.3 Å². The average molecular weight is 545 g/mol. The van der Waals surface area contributed by atoms with E-state index in [1.165, 1.54) is 0 Å². The third kappa shape index (κ3) is 4.98. The van der Waals surface area contributed by atoms with Crippen molar-refractivity contribution in [3.63, 3.8) is 0 Å². The number of likely N-dealkylation sites (N-methyl/N-ethyl adjacent to an activating group) is 1. The molecule has 1 fully saturated rings. The fourth-order valence-corrected chi connectivity index (χ4v) is 5.21. The molecule has 41 heavy (non-hydrogen) atoms. The van der Waals surface area contributed by atoms with Gasteiger partial charge in [0, 0.05) is 55.9 Å². The fraction of sp³-hybridized carbons (Fsp3) is 0.200. The molecular weight excluding hydrogens is 516 g/mol. The Balaban J connectivity index is 1.18. The van der Waals surface area contributed by atoms with Crippen LogP contribution >= 0.6 is 0 Å². The number of carbonyl (C=O) groups is 1. The topological polar surface area (TPSA) is 132 Å². The van der Waals surface area contributed by atoms with Crippen molar-refractivity contribution in [2.75, 3.05) is 43.4 Å². The van der Waals surface area contributed by atoms with E-state index in [1.807, 2.05) is 54.7 Å². The summed E-state index contributed by atoms with van der Waals surface area (Å²) in [7, 11) is 2.14. The van der Waals surface area contributed by atoms with Gasteiger partial charge in [0.2, 0.25) is 5.91 Å². The standard InChI is InChI=1S/C30H28N10O/c1-39-9-11-40(12-10-39)24-7-8-32-29-27(24)35-30(36-29)26-23-15-21(17-33-28(23)38-37-26)20-14-22(18-31-16-20)34-25(41)13-19-5-3-2-4-6-19/h2-8,14-18H,9-13H2,1H3,(H,34,41)(H,32,35,36)(H,33,37,38). The largest absolute Gasteiger partial charge is 0.367 e. The highest BCUT2D eigenvalue weighted by molar-refractivity contribution is 5.96. The maximum atomic E-state index is 12.6. The number of amides is 1. The molecule has 11 heteroatoms. The number of imidazole rings is 1. The van der Waals surface area contributed by atoms with E-state index in [4.69, 9.17) is 4.98 Å². The maximum Gasteiger partial charge on any atom is 0.228 e. The van der Waals surface area contributed by atoms with E-state index in [1.54, 1.807) is 18.6 Å². The van der Waals surface area contributed by atoms with Crippen LogP contribution in [0.2, 0.25) is 0 Å². The highest BCUT2D eigenvalue weighted by Gasteiger charge is 2.21. The molecule has 1 saturated heterocycles. The molecule has 1 aliphatic rings. The summed E-state index contributed by atoms with van der Waals surface area (Å²) in [6.45, 7) is 3.89. The van der Waals surface area contributed by atoms with Crippen molar-refractivity contribution in [1.82, 2.24) is 40.0 Å². The summed E-state index contributed by atoms with van der Waals surface area (Å²) < 4.78 is 0. The molecule has 7 rings (SSSR count). The predicted molar refractivity (Wildman–Crippen MR) is 158 cm³/mol. The molecule has 0 radical (unpaired) electrons. The summed E-state index contributed by atoms with van der Waals surface area (Å²) in [6.07, 6.45) is 7.27. The minimum atomic E-state index is -0.102. The van der Waals surface area contributed by atoms with Crippen LogP contribution in [0.15, 0.2) is 73.3 Å². The van der Waals surface area contributed by atoms with E-state index in [9.17, 15) is 4.79 Å². The van der Waals surface area contributed by atoms with Gasteiger partial charge in [-0.25, -0.2) is 15.0 Å². The predicted octanol–water partition coefficient (Wildman–Crippen LogP) is 3.89. The van der Waals surface area contributed by atoms with Gasteiger partial charge in [0.05, 0.1) is 29.4 Å². The lowest BCUT2D eigenvalue weighted by Gasteiger charge is -2.33. The molecule has 0 atom stereocenters. The van der Waals surface area contributed by atoms with Gasteiger partial charge in [0.25, 0.3) is 0 Å². The second kappa shape index (κ2) is 10.4. The summed E-state index contributed by atoms with van der Waals surface area (Å²) in [6, 6.07) is 15.6. The molecule has 1 aromatic carbocycles. The smallest absolute Gasteiger partial charge is 0.228 e. The lowest BCUT2D eigenvalue weighted by atomic mass is 10.1. The van der Waals surface area contributed by atoms with E-state index in [-0.39, 0.29) is 5.91 Å². The van der Waals surface area contributed by atoms with Gasteiger partial charge in [-0.2, -0.15) is 5.10 Å². The first-order chi connectivity index (χ1) is 20.1. The summed E-state index contributed by atoms with van der Waals surface area (Å²) in [5.74, 6) is 0.523. The molecule has 204 valence electrons. The second-order valence-electron chi connectivity index (χ2n) is 10.3. The number of nitrogens with one attached hydrogen (secondary N) is 3. The van der Waals surface area contributed by atoms with Crippen molar-refractivity contribution in [2.45, 2.75) is 6.42 Å². The Morgan fingerprint density at radius 1 is 0.951 bits per heavy atom. The first-order valence-corrected chi connectivity index (χ1v) is 13.5. The number of nitrogens with zero attached hydrogens (tertiary/aromatic N) is 7. The van der Waals surface area contributed by atoms with Crippen LogP contribution in [0.5, 0.6) is 0 Å². The van der Waals surface area contributed by atoms with Gasteiger partial charge < -0.3 is 20.1 Å². The molecule has 6 aromatic rings. The lowest BCUT2D eigenvalue weighted by Crippen LogP contribution is -2.44. The first kappa shape index (κ1) is 24.9. The number of piperazine rings is 1. The number of fused-ring (bicyclic) bond motifs is 2. The molecule has 0 saturated carbocycles. The number of anilines is 2. The van der Waals surface area contributed by atoms with Crippen LogP contribution in [0.25, 0.3) is 44.8 Å². The third-order valence-corrected chi connectivity index (χ3v) is 7.41. The first-order valence-electron chi connectivity index (χ1n) is 13.5. The fourth-order valence-electron chi connectivity index (χ4n) is 5.21. The zero-order valence-corrected chi connectivity index (χ0v) is 22.5. The molecule has 11 nitrogen and oxygen atoms in total. The molecule has 1 amide bonds. The van der Waals surface area contributed by atoms with E-state index < -0.39 is 0 Å². The Morgan fingerprint density at radius 3 is 2.63 bits per heavy atom. The minimum absolute atomic E-state index is 0.102. The SMILES string of the molecule is CN1CCN(c2ccnc3[nH]c(-c4n[nH]c5ncc(-c6cncc(NC(=O)Cc7ccccc7)c6)cc45)nc23)CC1. The quantitative estimate of drug-likeness (QED) is 0.288. The van der Waals surface area contributed by atoms with Gasteiger partial charge in [-0.1, -0.05) is 30.3 Å². The third-order valence-electron chi connectivity index (χ3n) is 7.41. The van der Waals surface area contributed by atoms with E-state index in [0.717, 1.165) is 65.1 Å². The number of carbonyl (C=O) groups excluding carboxylic acids is 1. The van der Waals surface area contributed by atoms with Gasteiger partial charge in [0.1, 0.15) is 11.2 Å². The molecule has 0 unspecified atom stereocenters. The lowest BCUT2D eigenvalue weighted by molar-refractivity contribution is -0.115. The van der Waals surface area contributed by atoms with E-state index >= 15 is 0 Å². The van der Waals surface area contributed by atoms with Gasteiger partial charge in [-0.3, -0.25) is 14.9 Å². The minimum Gasteiger partial charge on any atom is -0.367 e. The highest BCUT2D eigenvalue weighted by Crippen LogP contribution is 2.32. The molecular formula is C30H28N10O. The Morgan fingerprint density at radius 2 is 1.78 bits per heavy atom. The molecule has 0 aliphatic carbocycles. The Hall–Kier alpha value is -5.16. The van der Waals surface area contributed by atoms with Crippen LogP contribution in [0.1, 0.15) is 5.56 Å². The van der Waals surface area contributed by atoms with Crippen LogP contribution in [-0.2, 0) is 11.2 Å². The highest BCUT2D eigenvalue weighted by atomic mass is 16.1. The Kier molecular flexibility index (Phi) is 6.32. The molecule has 6 heterocycles. The average Bonchev–Trinajstić information content (AvgIpc) is 3.62. The van der Waals surface area contributed by atoms with Gasteiger partial charge >= 0.3 is 0 Å². The molecule has 0 bridgehead atoms. The van der Waals surface area contributed by atoms with Crippen molar-refractivity contribution in [3.05, 3.63) is 78.9 Å². The summed E-state index contributed by atoms with van der Waals surface area (Å²) in [5.41, 5.74) is 7.18. The molecule has 3 N–H and O–H groups in total. The van der Waals surface area contributed by atoms with Crippen molar-refractivity contribution in [2.24, 2.45) is 0 Å². The number of benzene rings is 1. The van der Waals surface area contributed by atoms with Crippen LogP contribution in [0.4, 0.5) is 11.4 Å². The number of hydrogen-bond acceptors (Lipinski definition) is 8. The van der Waals surface area contributed by atoms with Crippen LogP contribution < -0.4 is 10.2 Å². The van der Waals surface area contributed by atoms with Crippen molar-refractivity contribution in [1.29, 1.82) is 0 Å². The second-order valence-corrected chi connectivity index (χ2v) is 10.3. The number of H-pyrrole nitrogens is 2. The zero-order chi connectivity index (χ0) is 27.8. The number of pyridine rings is 3. The summed E-state index contributed by atoms with van der Waals surface area (Å²) >= 11 is 0. The summed E-state index contributed by atoms with van der Waals surface area (Å²) in [4.78, 5) is 39.1. The Labute approximate surface area is 235 Å². The normalized spacial score (nSPS) is 14.1. The summed E-state index contributed by atoms with van der Waals surface area (Å²) in [5, 5.41) is 11.3. The van der Waals surface area contributed by atoms with Crippen molar-refractivity contribution < 1.29 is 4.79 Å². The maximum absolute atomic E-state index is 12.6. The van der Waals surface area contributed by atoms with Crippen LogP contribution in [0.3, 0.4) is 0 Å². The van der Waals surface area contributed by atoms with Crippen LogP contribution in [0, 0.1) is 0 Å². The molecule has 1 aliphatic heterocycles. The van der Waals surface area contributed by atoms with Gasteiger partial charge in [-0.15, -0.1) is 0 Å².